The molecule has 1 fully saturated rings. The summed E-state index contributed by atoms with van der Waals surface area (Å²) in [6, 6.07) is 2.97. The number of pyridine rings is 1. The highest BCUT2D eigenvalue weighted by molar-refractivity contribution is 5.91. The summed E-state index contributed by atoms with van der Waals surface area (Å²) < 4.78 is 0. The van der Waals surface area contributed by atoms with Crippen molar-refractivity contribution in [1.82, 2.24) is 15.4 Å². The maximum atomic E-state index is 12.2. The molecule has 1 aliphatic heterocycles. The minimum Gasteiger partial charge on any atom is -0.465 e. The summed E-state index contributed by atoms with van der Waals surface area (Å²) in [5, 5.41) is 12.6. The normalized spacial score (nSPS) is 21.6. The molecule has 0 spiro atoms. The van der Waals surface area contributed by atoms with E-state index >= 15 is 0 Å². The molecule has 1 aromatic heterocycles. The number of rotatable bonds is 8. The van der Waals surface area contributed by atoms with Gasteiger partial charge in [-0.25, -0.2) is 4.79 Å². The van der Waals surface area contributed by atoms with Gasteiger partial charge in [-0.05, 0) is 24.1 Å². The number of nitrogens with one attached hydrogen (secondary N) is 1. The molecule has 2 N–H and O–H groups in total. The Morgan fingerprint density at radius 3 is 2.81 bits per heavy atom. The van der Waals surface area contributed by atoms with E-state index in [0.717, 1.165) is 18.4 Å². The smallest absolute Gasteiger partial charge is 0.405 e. The Morgan fingerprint density at radius 2 is 2.19 bits per heavy atom. The summed E-state index contributed by atoms with van der Waals surface area (Å²) >= 11 is 0. The minimum absolute atomic E-state index is 0.236. The largest absolute Gasteiger partial charge is 0.465 e. The van der Waals surface area contributed by atoms with Gasteiger partial charge < -0.3 is 10.4 Å². The van der Waals surface area contributed by atoms with Gasteiger partial charge in [-0.3, -0.25) is 14.6 Å². The second-order valence-electron chi connectivity index (χ2n) is 4.94. The van der Waals surface area contributed by atoms with Gasteiger partial charge in [-0.2, -0.15) is 0 Å². The Balaban J connectivity index is 1.88. The lowest BCUT2D eigenvalue weighted by atomic mass is 10.1. The topological polar surface area (TPSA) is 94.8 Å². The molecule has 7 nitrogen and oxygen atoms in total. The molecule has 1 aromatic rings. The zero-order valence-corrected chi connectivity index (χ0v) is 11.9. The lowest BCUT2D eigenvalue weighted by Gasteiger charge is -2.13. The Kier molecular flexibility index (Phi) is 5.24. The number of hydrogen-bond donors (Lipinski definition) is 2. The summed E-state index contributed by atoms with van der Waals surface area (Å²) in [6.45, 7) is 2.47. The maximum absolute atomic E-state index is 12.2. The summed E-state index contributed by atoms with van der Waals surface area (Å²) in [5.74, 6) is -0.236. The van der Waals surface area contributed by atoms with Crippen LogP contribution in [0, 0.1) is 0 Å². The zero-order chi connectivity index (χ0) is 15.2. The standard InChI is InChI=1S/C14H19N3O4/c1-2-3-4-11(16-14(19)20)12(18)13-17(21-13)9-10-5-7-15-8-6-10/h5-8,11,13,16H,2-4,9H2,1H3,(H,19,20)/t11-,13?,17?/m0/s1. The van der Waals surface area contributed by atoms with Crippen molar-refractivity contribution in [2.24, 2.45) is 0 Å². The van der Waals surface area contributed by atoms with Gasteiger partial charge in [0.15, 0.2) is 0 Å². The molecule has 1 saturated heterocycles. The van der Waals surface area contributed by atoms with Gasteiger partial charge in [0.1, 0.15) is 0 Å². The van der Waals surface area contributed by atoms with Crippen LogP contribution in [-0.4, -0.2) is 39.3 Å². The van der Waals surface area contributed by atoms with Crippen molar-refractivity contribution in [3.05, 3.63) is 30.1 Å². The third kappa shape index (κ3) is 4.51. The molecule has 0 aliphatic carbocycles. The van der Waals surface area contributed by atoms with Gasteiger partial charge in [-0.1, -0.05) is 19.8 Å². The number of Topliss-reactive ketones (excluding diaryl/α,β-unsaturated/α-hetero) is 1. The average Bonchev–Trinajstić information content (AvgIpc) is 3.22. The van der Waals surface area contributed by atoms with Crippen LogP contribution in [0.2, 0.25) is 0 Å². The first-order valence-corrected chi connectivity index (χ1v) is 6.97. The van der Waals surface area contributed by atoms with Gasteiger partial charge in [0.05, 0.1) is 12.6 Å². The van der Waals surface area contributed by atoms with E-state index in [4.69, 9.17) is 9.94 Å². The fraction of sp³-hybridized carbons (Fsp3) is 0.500. The monoisotopic (exact) mass is 293 g/mol. The first-order chi connectivity index (χ1) is 10.1. The van der Waals surface area contributed by atoms with Crippen molar-refractivity contribution < 1.29 is 19.5 Å². The highest BCUT2D eigenvalue weighted by Gasteiger charge is 2.45. The van der Waals surface area contributed by atoms with Gasteiger partial charge >= 0.3 is 6.09 Å². The molecule has 0 saturated carbocycles. The summed E-state index contributed by atoms with van der Waals surface area (Å²) in [6.07, 6.45) is 3.67. The van der Waals surface area contributed by atoms with E-state index in [0.29, 0.717) is 13.0 Å². The Labute approximate surface area is 122 Å². The molecule has 114 valence electrons. The number of nitrogens with zero attached hydrogens (tertiary/aromatic N) is 2. The molecule has 21 heavy (non-hydrogen) atoms. The fourth-order valence-corrected chi connectivity index (χ4v) is 2.10. The molecule has 2 unspecified atom stereocenters. The van der Waals surface area contributed by atoms with Crippen LogP contribution in [0.1, 0.15) is 31.7 Å². The van der Waals surface area contributed by atoms with Crippen LogP contribution < -0.4 is 5.32 Å². The minimum atomic E-state index is -1.19. The number of hydroxylamine groups is 2. The third-order valence-corrected chi connectivity index (χ3v) is 3.27. The number of carbonyl (C=O) groups is 2. The van der Waals surface area contributed by atoms with Crippen LogP contribution in [0.5, 0.6) is 0 Å². The van der Waals surface area contributed by atoms with Crippen molar-refractivity contribution in [3.63, 3.8) is 0 Å². The van der Waals surface area contributed by atoms with Crippen LogP contribution >= 0.6 is 0 Å². The van der Waals surface area contributed by atoms with Crippen molar-refractivity contribution in [1.29, 1.82) is 0 Å². The molecule has 1 aliphatic rings. The Hall–Kier alpha value is -1.99. The summed E-state index contributed by atoms with van der Waals surface area (Å²) in [5.41, 5.74) is 0.983. The summed E-state index contributed by atoms with van der Waals surface area (Å²) in [4.78, 5) is 32.2. The predicted octanol–water partition coefficient (Wildman–Crippen LogP) is 1.55. The van der Waals surface area contributed by atoms with E-state index in [2.05, 4.69) is 10.3 Å². The average molecular weight is 293 g/mol. The van der Waals surface area contributed by atoms with Gasteiger partial charge in [0.2, 0.25) is 12.0 Å². The highest BCUT2D eigenvalue weighted by Crippen LogP contribution is 2.26. The van der Waals surface area contributed by atoms with Crippen LogP contribution in [0.15, 0.2) is 24.5 Å². The zero-order valence-electron chi connectivity index (χ0n) is 11.9. The molecule has 2 rings (SSSR count). The lowest BCUT2D eigenvalue weighted by molar-refractivity contribution is -0.122. The van der Waals surface area contributed by atoms with Crippen LogP contribution in [0.25, 0.3) is 0 Å². The number of carbonyl (C=O) groups excluding carboxylic acids is 1. The number of ketones is 1. The number of aromatic nitrogens is 1. The van der Waals surface area contributed by atoms with Crippen molar-refractivity contribution in [2.45, 2.75) is 45.0 Å². The third-order valence-electron chi connectivity index (χ3n) is 3.27. The van der Waals surface area contributed by atoms with Gasteiger partial charge in [0.25, 0.3) is 0 Å². The van der Waals surface area contributed by atoms with E-state index < -0.39 is 18.4 Å². The first-order valence-electron chi connectivity index (χ1n) is 6.97. The van der Waals surface area contributed by atoms with E-state index in [1.165, 1.54) is 0 Å². The molecule has 3 atom stereocenters. The van der Waals surface area contributed by atoms with E-state index in [9.17, 15) is 9.59 Å². The number of amides is 1. The number of carboxylic acid groups (broad SMARTS) is 1. The number of unbranched alkanes of at least 4 members (excludes halogenated alkanes) is 1. The Morgan fingerprint density at radius 1 is 1.48 bits per heavy atom. The second-order valence-corrected chi connectivity index (χ2v) is 4.94. The maximum Gasteiger partial charge on any atom is 0.405 e. The predicted molar refractivity (Wildman–Crippen MR) is 74.1 cm³/mol. The molecule has 0 bridgehead atoms. The lowest BCUT2D eigenvalue weighted by Crippen LogP contribution is -2.42. The molecular weight excluding hydrogens is 274 g/mol. The van der Waals surface area contributed by atoms with Crippen LogP contribution in [-0.2, 0) is 16.2 Å². The molecular formula is C14H19N3O4. The summed E-state index contributed by atoms with van der Waals surface area (Å²) in [7, 11) is 0. The highest BCUT2D eigenvalue weighted by atomic mass is 16.8. The van der Waals surface area contributed by atoms with E-state index in [1.807, 2.05) is 19.1 Å². The SMILES string of the molecule is CCCC[C@H](NC(=O)O)C(=O)C1ON1Cc1ccncc1. The molecule has 0 aromatic carbocycles. The molecule has 2 heterocycles. The van der Waals surface area contributed by atoms with Gasteiger partial charge in [-0.15, -0.1) is 5.06 Å². The molecule has 0 radical (unpaired) electrons. The molecule has 7 heteroatoms. The van der Waals surface area contributed by atoms with Crippen molar-refractivity contribution >= 4 is 11.9 Å². The molecule has 1 amide bonds. The van der Waals surface area contributed by atoms with Crippen LogP contribution in [0.4, 0.5) is 4.79 Å². The van der Waals surface area contributed by atoms with Crippen molar-refractivity contribution in [2.75, 3.05) is 0 Å². The van der Waals surface area contributed by atoms with E-state index in [-0.39, 0.29) is 5.78 Å². The van der Waals surface area contributed by atoms with Crippen molar-refractivity contribution in [3.8, 4) is 0 Å². The van der Waals surface area contributed by atoms with Crippen LogP contribution in [0.3, 0.4) is 0 Å². The second kappa shape index (κ2) is 7.14. The Bertz CT molecular complexity index is 494. The van der Waals surface area contributed by atoms with Gasteiger partial charge in [0, 0.05) is 12.4 Å². The quantitative estimate of drug-likeness (QED) is 0.706. The van der Waals surface area contributed by atoms with E-state index in [1.54, 1.807) is 17.5 Å². The fourth-order valence-electron chi connectivity index (χ4n) is 2.10. The number of hydrogen-bond acceptors (Lipinski definition) is 5. The first kappa shape index (κ1) is 15.4.